The van der Waals surface area contributed by atoms with Crippen molar-refractivity contribution in [3.8, 4) is 5.75 Å². The molecule has 132 valence electrons. The van der Waals surface area contributed by atoms with Crippen LogP contribution in [0, 0.1) is 0 Å². The number of benzene rings is 1. The van der Waals surface area contributed by atoms with E-state index in [2.05, 4.69) is 15.2 Å². The fourth-order valence-electron chi connectivity index (χ4n) is 2.88. The van der Waals surface area contributed by atoms with Crippen LogP contribution in [0.15, 0.2) is 48.8 Å². The molecular formula is C19H23N3O3. The van der Waals surface area contributed by atoms with Gasteiger partial charge in [0, 0.05) is 25.5 Å². The van der Waals surface area contributed by atoms with Crippen molar-refractivity contribution in [3.63, 3.8) is 0 Å². The van der Waals surface area contributed by atoms with E-state index >= 15 is 0 Å². The van der Waals surface area contributed by atoms with Crippen molar-refractivity contribution in [3.05, 3.63) is 59.9 Å². The second-order valence-electron chi connectivity index (χ2n) is 5.94. The SMILES string of the molecule is COc1ccc([C@@H](NC(=O)CN2CCOCC2)c2ccncc2)cc1. The lowest BCUT2D eigenvalue weighted by molar-refractivity contribution is -0.123. The van der Waals surface area contributed by atoms with E-state index in [1.54, 1.807) is 19.5 Å². The highest BCUT2D eigenvalue weighted by Gasteiger charge is 2.20. The molecule has 1 aliphatic rings. The Bertz CT molecular complexity index is 670. The van der Waals surface area contributed by atoms with Gasteiger partial charge in [0.25, 0.3) is 0 Å². The third kappa shape index (κ3) is 4.78. The van der Waals surface area contributed by atoms with Crippen LogP contribution in [-0.2, 0) is 9.53 Å². The summed E-state index contributed by atoms with van der Waals surface area (Å²) >= 11 is 0. The van der Waals surface area contributed by atoms with Gasteiger partial charge < -0.3 is 14.8 Å². The maximum atomic E-state index is 12.6. The molecule has 1 aliphatic heterocycles. The Morgan fingerprint density at radius 1 is 1.16 bits per heavy atom. The molecule has 1 fully saturated rings. The summed E-state index contributed by atoms with van der Waals surface area (Å²) in [5, 5.41) is 3.14. The molecule has 2 aromatic rings. The van der Waals surface area contributed by atoms with Gasteiger partial charge in [0.05, 0.1) is 32.9 Å². The van der Waals surface area contributed by atoms with Crippen LogP contribution in [0.1, 0.15) is 17.2 Å². The van der Waals surface area contributed by atoms with Crippen LogP contribution in [0.25, 0.3) is 0 Å². The molecule has 0 radical (unpaired) electrons. The van der Waals surface area contributed by atoms with Gasteiger partial charge in [0.15, 0.2) is 0 Å². The molecule has 1 aromatic heterocycles. The summed E-state index contributed by atoms with van der Waals surface area (Å²) in [4.78, 5) is 18.7. The van der Waals surface area contributed by atoms with Gasteiger partial charge in [0.2, 0.25) is 5.91 Å². The summed E-state index contributed by atoms with van der Waals surface area (Å²) in [6.07, 6.45) is 3.47. The van der Waals surface area contributed by atoms with Gasteiger partial charge in [0.1, 0.15) is 5.75 Å². The fraction of sp³-hybridized carbons (Fsp3) is 0.368. The Morgan fingerprint density at radius 2 is 1.80 bits per heavy atom. The number of hydrogen-bond donors (Lipinski definition) is 1. The summed E-state index contributed by atoms with van der Waals surface area (Å²) in [6.45, 7) is 3.31. The van der Waals surface area contributed by atoms with E-state index in [1.807, 2.05) is 36.4 Å². The molecule has 1 saturated heterocycles. The van der Waals surface area contributed by atoms with Crippen molar-refractivity contribution in [2.75, 3.05) is 40.0 Å². The number of nitrogens with one attached hydrogen (secondary N) is 1. The minimum Gasteiger partial charge on any atom is -0.497 e. The van der Waals surface area contributed by atoms with Crippen LogP contribution in [-0.4, -0.2) is 55.7 Å². The predicted molar refractivity (Wildman–Crippen MR) is 94.5 cm³/mol. The monoisotopic (exact) mass is 341 g/mol. The predicted octanol–water partition coefficient (Wildman–Crippen LogP) is 1.63. The van der Waals surface area contributed by atoms with Crippen molar-refractivity contribution in [2.24, 2.45) is 0 Å². The maximum Gasteiger partial charge on any atom is 0.234 e. The number of nitrogens with zero attached hydrogens (tertiary/aromatic N) is 2. The second kappa shape index (κ2) is 8.60. The normalized spacial score (nSPS) is 16.2. The molecule has 1 amide bonds. The molecule has 2 heterocycles. The second-order valence-corrected chi connectivity index (χ2v) is 5.94. The lowest BCUT2D eigenvalue weighted by Crippen LogP contribution is -2.44. The van der Waals surface area contributed by atoms with Crippen LogP contribution >= 0.6 is 0 Å². The van der Waals surface area contributed by atoms with E-state index in [1.165, 1.54) is 0 Å². The Hall–Kier alpha value is -2.44. The zero-order valence-corrected chi connectivity index (χ0v) is 14.4. The van der Waals surface area contributed by atoms with E-state index in [0.717, 1.165) is 30.0 Å². The first-order valence-corrected chi connectivity index (χ1v) is 8.39. The van der Waals surface area contributed by atoms with Crippen molar-refractivity contribution < 1.29 is 14.3 Å². The number of carbonyl (C=O) groups excluding carboxylic acids is 1. The van der Waals surface area contributed by atoms with Gasteiger partial charge in [-0.3, -0.25) is 14.7 Å². The first kappa shape index (κ1) is 17.4. The van der Waals surface area contributed by atoms with Crippen LogP contribution in [0.4, 0.5) is 0 Å². The lowest BCUT2D eigenvalue weighted by Gasteiger charge is -2.27. The molecule has 1 aromatic carbocycles. The van der Waals surface area contributed by atoms with Crippen LogP contribution in [0.5, 0.6) is 5.75 Å². The summed E-state index contributed by atoms with van der Waals surface area (Å²) in [6, 6.07) is 11.4. The van der Waals surface area contributed by atoms with E-state index < -0.39 is 0 Å². The Labute approximate surface area is 147 Å². The highest BCUT2D eigenvalue weighted by molar-refractivity contribution is 5.79. The summed E-state index contributed by atoms with van der Waals surface area (Å²) in [5.41, 5.74) is 2.00. The lowest BCUT2D eigenvalue weighted by atomic mass is 9.99. The molecule has 6 heteroatoms. The minimum absolute atomic E-state index is 0.000435. The molecule has 1 atom stereocenters. The molecule has 0 spiro atoms. The molecule has 1 N–H and O–H groups in total. The van der Waals surface area contributed by atoms with Crippen molar-refractivity contribution in [1.82, 2.24) is 15.2 Å². The number of carbonyl (C=O) groups is 1. The number of aromatic nitrogens is 1. The largest absolute Gasteiger partial charge is 0.497 e. The van der Waals surface area contributed by atoms with Crippen molar-refractivity contribution in [2.45, 2.75) is 6.04 Å². The third-order valence-electron chi connectivity index (χ3n) is 4.26. The molecule has 3 rings (SSSR count). The summed E-state index contributed by atoms with van der Waals surface area (Å²) in [5.74, 6) is 0.788. The number of methoxy groups -OCH3 is 1. The Balaban J connectivity index is 1.75. The molecule has 0 aliphatic carbocycles. The zero-order valence-electron chi connectivity index (χ0n) is 14.4. The minimum atomic E-state index is -0.220. The number of hydrogen-bond acceptors (Lipinski definition) is 5. The standard InChI is InChI=1S/C19H23N3O3/c1-24-17-4-2-15(3-5-17)19(16-6-8-20-9-7-16)21-18(23)14-22-10-12-25-13-11-22/h2-9,19H,10-14H2,1H3,(H,21,23)/t19-/m1/s1. The highest BCUT2D eigenvalue weighted by atomic mass is 16.5. The smallest absolute Gasteiger partial charge is 0.234 e. The van der Waals surface area contributed by atoms with E-state index in [0.29, 0.717) is 19.8 Å². The molecule has 0 bridgehead atoms. The molecular weight excluding hydrogens is 318 g/mol. The van der Waals surface area contributed by atoms with Gasteiger partial charge in [-0.25, -0.2) is 0 Å². The molecule has 6 nitrogen and oxygen atoms in total. The van der Waals surface area contributed by atoms with E-state index in [-0.39, 0.29) is 11.9 Å². The average molecular weight is 341 g/mol. The quantitative estimate of drug-likeness (QED) is 0.865. The molecule has 0 unspecified atom stereocenters. The van der Waals surface area contributed by atoms with Gasteiger partial charge in [-0.1, -0.05) is 12.1 Å². The summed E-state index contributed by atoms with van der Waals surface area (Å²) in [7, 11) is 1.64. The fourth-order valence-corrected chi connectivity index (χ4v) is 2.88. The van der Waals surface area contributed by atoms with Crippen molar-refractivity contribution >= 4 is 5.91 Å². The summed E-state index contributed by atoms with van der Waals surface area (Å²) < 4.78 is 10.6. The zero-order chi connectivity index (χ0) is 17.5. The Morgan fingerprint density at radius 3 is 2.44 bits per heavy atom. The van der Waals surface area contributed by atoms with Crippen molar-refractivity contribution in [1.29, 1.82) is 0 Å². The molecule has 0 saturated carbocycles. The van der Waals surface area contributed by atoms with E-state index in [4.69, 9.17) is 9.47 Å². The Kier molecular flexibility index (Phi) is 5.98. The number of pyridine rings is 1. The van der Waals surface area contributed by atoms with Crippen LogP contribution in [0.2, 0.25) is 0 Å². The number of morpholine rings is 1. The number of amides is 1. The van der Waals surface area contributed by atoms with Gasteiger partial charge in [-0.2, -0.15) is 0 Å². The van der Waals surface area contributed by atoms with E-state index in [9.17, 15) is 4.79 Å². The van der Waals surface area contributed by atoms with Crippen LogP contribution < -0.4 is 10.1 Å². The first-order valence-electron chi connectivity index (χ1n) is 8.39. The first-order chi connectivity index (χ1) is 12.3. The number of rotatable bonds is 6. The van der Waals surface area contributed by atoms with Crippen LogP contribution in [0.3, 0.4) is 0 Å². The third-order valence-corrected chi connectivity index (χ3v) is 4.26. The number of ether oxygens (including phenoxy) is 2. The highest BCUT2D eigenvalue weighted by Crippen LogP contribution is 2.23. The van der Waals surface area contributed by atoms with Gasteiger partial charge in [-0.05, 0) is 35.4 Å². The topological polar surface area (TPSA) is 63.7 Å². The van der Waals surface area contributed by atoms with Gasteiger partial charge in [-0.15, -0.1) is 0 Å². The maximum absolute atomic E-state index is 12.6. The van der Waals surface area contributed by atoms with Gasteiger partial charge >= 0.3 is 0 Å². The average Bonchev–Trinajstić information content (AvgIpc) is 2.68. The molecule has 25 heavy (non-hydrogen) atoms.